The highest BCUT2D eigenvalue weighted by molar-refractivity contribution is 7.07. The zero-order valence-corrected chi connectivity index (χ0v) is 20.2. The number of phenolic OH excluding ortho intramolecular Hbond substituents is 3. The maximum atomic E-state index is 10.2. The molecule has 1 saturated carbocycles. The van der Waals surface area contributed by atoms with Gasteiger partial charge in [-0.1, -0.05) is 37.5 Å². The molecule has 0 amide bonds. The number of aromatic nitrogens is 1. The Hall–Kier alpha value is -3.78. The molecule has 35 heavy (non-hydrogen) atoms. The summed E-state index contributed by atoms with van der Waals surface area (Å²) in [7, 11) is 1.66. The Balaban J connectivity index is 1.61. The quantitative estimate of drug-likeness (QED) is 0.251. The highest BCUT2D eigenvalue weighted by atomic mass is 32.1. The second kappa shape index (κ2) is 9.84. The summed E-state index contributed by atoms with van der Waals surface area (Å²) in [6, 6.07) is 15.3. The number of ether oxygens (including phenoxy) is 1. The van der Waals surface area contributed by atoms with Gasteiger partial charge in [0, 0.05) is 16.5 Å². The highest BCUT2D eigenvalue weighted by Crippen LogP contribution is 2.36. The van der Waals surface area contributed by atoms with Crippen molar-refractivity contribution in [1.82, 2.24) is 4.68 Å². The van der Waals surface area contributed by atoms with Crippen molar-refractivity contribution in [2.45, 2.75) is 38.1 Å². The van der Waals surface area contributed by atoms with Gasteiger partial charge in [0.05, 0.1) is 25.1 Å². The molecular weight excluding hydrogens is 462 g/mol. The first-order valence-corrected chi connectivity index (χ1v) is 12.5. The van der Waals surface area contributed by atoms with Crippen LogP contribution in [0.1, 0.15) is 37.7 Å². The van der Waals surface area contributed by atoms with Gasteiger partial charge in [-0.2, -0.15) is 5.10 Å². The Kier molecular flexibility index (Phi) is 6.46. The molecule has 1 heterocycles. The van der Waals surface area contributed by atoms with E-state index in [1.54, 1.807) is 11.8 Å². The van der Waals surface area contributed by atoms with Crippen LogP contribution in [0.2, 0.25) is 0 Å². The van der Waals surface area contributed by atoms with Crippen molar-refractivity contribution in [1.29, 1.82) is 0 Å². The van der Waals surface area contributed by atoms with Crippen molar-refractivity contribution >= 4 is 28.3 Å². The summed E-state index contributed by atoms with van der Waals surface area (Å²) in [4.78, 5) is 5.79. The van der Waals surface area contributed by atoms with Gasteiger partial charge in [0.25, 0.3) is 0 Å². The molecule has 0 saturated heterocycles. The number of methoxy groups -OCH3 is 1. The fraction of sp³-hybridized carbons (Fsp3) is 0.259. The highest BCUT2D eigenvalue weighted by Gasteiger charge is 2.15. The summed E-state index contributed by atoms with van der Waals surface area (Å²) < 4.78 is 7.13. The average molecular weight is 490 g/mol. The van der Waals surface area contributed by atoms with Gasteiger partial charge in [-0.3, -0.25) is 4.99 Å². The van der Waals surface area contributed by atoms with Gasteiger partial charge in [-0.25, -0.2) is 4.68 Å². The molecule has 0 aliphatic heterocycles. The number of thiazole rings is 1. The smallest absolute Gasteiger partial charge is 0.206 e. The molecule has 1 aromatic heterocycles. The third kappa shape index (κ3) is 4.74. The molecule has 0 atom stereocenters. The first-order valence-electron chi connectivity index (χ1n) is 11.6. The Morgan fingerprint density at radius 3 is 2.51 bits per heavy atom. The van der Waals surface area contributed by atoms with Crippen molar-refractivity contribution in [3.05, 3.63) is 64.3 Å². The standard InChI is InChI=1S/C27H27N3O4S/c1-34-22-11-9-17-13-19(8-7-18(17)14-22)23-16-35-27(29-21-5-3-2-4-6-21)30(23)28-15-20-10-12-24(31)26(33)25(20)32/h7-16,21,31-33H,2-6H2,1H3. The molecule has 3 aromatic carbocycles. The largest absolute Gasteiger partial charge is 0.504 e. The topological polar surface area (TPSA) is 99.6 Å². The molecule has 4 aromatic rings. The van der Waals surface area contributed by atoms with Crippen LogP contribution in [-0.2, 0) is 0 Å². The van der Waals surface area contributed by atoms with E-state index >= 15 is 0 Å². The molecule has 1 aliphatic rings. The average Bonchev–Trinajstić information content (AvgIpc) is 3.29. The second-order valence-electron chi connectivity index (χ2n) is 8.68. The van der Waals surface area contributed by atoms with Crippen molar-refractivity contribution in [3.8, 4) is 34.3 Å². The van der Waals surface area contributed by atoms with Crippen LogP contribution in [0.5, 0.6) is 23.0 Å². The first-order chi connectivity index (χ1) is 17.0. The van der Waals surface area contributed by atoms with Crippen molar-refractivity contribution < 1.29 is 20.1 Å². The number of benzene rings is 3. The molecule has 0 unspecified atom stereocenters. The first kappa shape index (κ1) is 23.0. The monoisotopic (exact) mass is 489 g/mol. The number of hydrogen-bond acceptors (Lipinski definition) is 7. The van der Waals surface area contributed by atoms with E-state index < -0.39 is 11.5 Å². The van der Waals surface area contributed by atoms with Crippen LogP contribution in [0.15, 0.2) is 64.0 Å². The Morgan fingerprint density at radius 1 is 0.943 bits per heavy atom. The third-order valence-electron chi connectivity index (χ3n) is 6.37. The van der Waals surface area contributed by atoms with Crippen LogP contribution in [0.4, 0.5) is 0 Å². The van der Waals surface area contributed by atoms with Gasteiger partial charge in [0.1, 0.15) is 5.75 Å². The zero-order chi connectivity index (χ0) is 24.4. The minimum Gasteiger partial charge on any atom is -0.504 e. The lowest BCUT2D eigenvalue weighted by atomic mass is 9.96. The molecular formula is C27H27N3O4S. The molecule has 3 N–H and O–H groups in total. The van der Waals surface area contributed by atoms with Gasteiger partial charge in [0.15, 0.2) is 11.5 Å². The van der Waals surface area contributed by atoms with Crippen LogP contribution in [-0.4, -0.2) is 39.4 Å². The Bertz CT molecular complexity index is 1470. The normalized spacial score (nSPS) is 15.3. The Morgan fingerprint density at radius 2 is 1.71 bits per heavy atom. The van der Waals surface area contributed by atoms with Gasteiger partial charge >= 0.3 is 0 Å². The van der Waals surface area contributed by atoms with E-state index in [4.69, 9.17) is 9.73 Å². The van der Waals surface area contributed by atoms with E-state index in [-0.39, 0.29) is 11.8 Å². The van der Waals surface area contributed by atoms with Crippen LogP contribution in [0.25, 0.3) is 22.0 Å². The number of phenols is 3. The fourth-order valence-electron chi connectivity index (χ4n) is 4.38. The number of hydrogen-bond donors (Lipinski definition) is 3. The van der Waals surface area contributed by atoms with E-state index in [2.05, 4.69) is 17.2 Å². The minimum atomic E-state index is -0.568. The molecule has 0 bridgehead atoms. The molecule has 1 fully saturated rings. The van der Waals surface area contributed by atoms with Crippen LogP contribution >= 0.6 is 11.3 Å². The zero-order valence-electron chi connectivity index (χ0n) is 19.4. The molecule has 7 nitrogen and oxygen atoms in total. The molecule has 0 spiro atoms. The summed E-state index contributed by atoms with van der Waals surface area (Å²) in [5.74, 6) is -0.562. The Labute approximate surface area is 206 Å². The molecule has 0 radical (unpaired) electrons. The molecule has 180 valence electrons. The predicted octanol–water partition coefficient (Wildman–Crippen LogP) is 5.61. The fourth-order valence-corrected chi connectivity index (χ4v) is 5.29. The second-order valence-corrected chi connectivity index (χ2v) is 9.52. The van der Waals surface area contributed by atoms with Gasteiger partial charge in [0.2, 0.25) is 10.6 Å². The summed E-state index contributed by atoms with van der Waals surface area (Å²) in [5, 5.41) is 38.6. The summed E-state index contributed by atoms with van der Waals surface area (Å²) in [5.41, 5.74) is 2.15. The van der Waals surface area contributed by atoms with Crippen molar-refractivity contribution in [2.75, 3.05) is 7.11 Å². The number of aromatic hydroxyl groups is 3. The summed E-state index contributed by atoms with van der Waals surface area (Å²) in [6.45, 7) is 0. The maximum Gasteiger partial charge on any atom is 0.206 e. The van der Waals surface area contributed by atoms with Crippen LogP contribution in [0.3, 0.4) is 0 Å². The van der Waals surface area contributed by atoms with E-state index in [0.717, 1.165) is 45.4 Å². The molecule has 8 heteroatoms. The lowest BCUT2D eigenvalue weighted by molar-refractivity contribution is 0.367. The van der Waals surface area contributed by atoms with Gasteiger partial charge < -0.3 is 20.1 Å². The summed E-state index contributed by atoms with van der Waals surface area (Å²) >= 11 is 1.53. The summed E-state index contributed by atoms with van der Waals surface area (Å²) in [6.07, 6.45) is 7.24. The van der Waals surface area contributed by atoms with Crippen LogP contribution < -0.4 is 9.54 Å². The third-order valence-corrected chi connectivity index (χ3v) is 7.20. The van der Waals surface area contributed by atoms with E-state index in [1.807, 2.05) is 29.6 Å². The lowest BCUT2D eigenvalue weighted by Gasteiger charge is -2.16. The van der Waals surface area contributed by atoms with Gasteiger partial charge in [-0.05, 0) is 53.9 Å². The number of fused-ring (bicyclic) bond motifs is 1. The number of nitrogens with zero attached hydrogens (tertiary/aromatic N) is 3. The van der Waals surface area contributed by atoms with E-state index in [1.165, 1.54) is 48.9 Å². The van der Waals surface area contributed by atoms with Crippen LogP contribution in [0, 0.1) is 0 Å². The maximum absolute atomic E-state index is 10.2. The van der Waals surface area contributed by atoms with E-state index in [0.29, 0.717) is 5.56 Å². The SMILES string of the molecule is COc1ccc2cc(-c3csc(=NC4CCCCC4)n3N=Cc3ccc(O)c(O)c3O)ccc2c1. The molecule has 5 rings (SSSR count). The number of rotatable bonds is 5. The van der Waals surface area contributed by atoms with E-state index in [9.17, 15) is 15.3 Å². The molecule has 1 aliphatic carbocycles. The van der Waals surface area contributed by atoms with Crippen molar-refractivity contribution in [3.63, 3.8) is 0 Å². The predicted molar refractivity (Wildman–Crippen MR) is 139 cm³/mol. The van der Waals surface area contributed by atoms with Crippen molar-refractivity contribution in [2.24, 2.45) is 10.1 Å². The van der Waals surface area contributed by atoms with Gasteiger partial charge in [-0.15, -0.1) is 11.3 Å². The minimum absolute atomic E-state index is 0.270. The lowest BCUT2D eigenvalue weighted by Crippen LogP contribution is -2.19.